The lowest BCUT2D eigenvalue weighted by molar-refractivity contribution is -0.190. The van der Waals surface area contributed by atoms with E-state index in [0.717, 1.165) is 0 Å². The highest BCUT2D eigenvalue weighted by Gasteiger charge is 2.45. The SMILES string of the molecule is CC(CCCCCC#Cc1cc(F)c(C(F)(F)Oc2cc(F)c(C(F)(F)F)c(F)c2)c(F)c1)c1cc(F)c(C(F)(F)Oc2cc(F)c(C(F)(F)F)c(F)c2)c(F)c1. The highest BCUT2D eigenvalue weighted by atomic mass is 19.4. The van der Waals surface area contributed by atoms with Crippen LogP contribution < -0.4 is 9.47 Å². The zero-order valence-corrected chi connectivity index (χ0v) is 28.4. The number of unbranched alkanes of at least 4 members (excludes halogenated alkanes) is 3. The molecule has 0 N–H and O–H groups in total. The monoisotopic (exact) mass is 840 g/mol. The summed E-state index contributed by atoms with van der Waals surface area (Å²) in [6.45, 7) is 1.48. The number of hydrogen-bond donors (Lipinski definition) is 0. The van der Waals surface area contributed by atoms with Crippen molar-refractivity contribution in [3.8, 4) is 23.3 Å². The topological polar surface area (TPSA) is 18.5 Å². The van der Waals surface area contributed by atoms with Crippen molar-refractivity contribution < 1.29 is 88.5 Å². The van der Waals surface area contributed by atoms with Gasteiger partial charge in [-0.1, -0.05) is 31.6 Å². The number of hydrogen-bond acceptors (Lipinski definition) is 2. The third-order valence-electron chi connectivity index (χ3n) is 8.02. The molecular formula is C37H22F18O2. The molecule has 0 amide bonds. The van der Waals surface area contributed by atoms with Crippen molar-refractivity contribution in [1.82, 2.24) is 0 Å². The van der Waals surface area contributed by atoms with Crippen LogP contribution in [0.3, 0.4) is 0 Å². The predicted molar refractivity (Wildman–Crippen MR) is 163 cm³/mol. The Balaban J connectivity index is 1.32. The van der Waals surface area contributed by atoms with E-state index in [2.05, 4.69) is 21.3 Å². The highest BCUT2D eigenvalue weighted by molar-refractivity contribution is 5.40. The largest absolute Gasteiger partial charge is 0.432 e. The fourth-order valence-electron chi connectivity index (χ4n) is 5.41. The molecule has 0 spiro atoms. The van der Waals surface area contributed by atoms with Crippen LogP contribution in [0, 0.1) is 58.4 Å². The molecule has 1 atom stereocenters. The van der Waals surface area contributed by atoms with Crippen LogP contribution in [0.15, 0.2) is 48.5 Å². The first-order valence-electron chi connectivity index (χ1n) is 16.0. The summed E-state index contributed by atoms with van der Waals surface area (Å²) in [6.07, 6.45) is -19.6. The van der Waals surface area contributed by atoms with Gasteiger partial charge in [-0.3, -0.25) is 0 Å². The van der Waals surface area contributed by atoms with E-state index in [1.807, 2.05) is 0 Å². The predicted octanol–water partition coefficient (Wildman–Crippen LogP) is 13.2. The molecule has 2 nitrogen and oxygen atoms in total. The summed E-state index contributed by atoms with van der Waals surface area (Å²) >= 11 is 0. The number of ether oxygens (including phenoxy) is 2. The molecule has 4 rings (SSSR count). The van der Waals surface area contributed by atoms with Crippen molar-refractivity contribution in [1.29, 1.82) is 0 Å². The summed E-state index contributed by atoms with van der Waals surface area (Å²) in [5.74, 6) is -15.6. The Kier molecular flexibility index (Phi) is 13.0. The maximum atomic E-state index is 14.7. The first-order chi connectivity index (χ1) is 26.2. The Labute approximate surface area is 310 Å². The van der Waals surface area contributed by atoms with Gasteiger partial charge in [-0.25, -0.2) is 35.1 Å². The molecule has 308 valence electrons. The quantitative estimate of drug-likeness (QED) is 0.0804. The molecule has 0 saturated carbocycles. The molecule has 0 bridgehead atoms. The maximum Gasteiger partial charge on any atom is 0.432 e. The number of rotatable bonds is 12. The normalized spacial score (nSPS) is 13.0. The molecule has 57 heavy (non-hydrogen) atoms. The number of alkyl halides is 10. The van der Waals surface area contributed by atoms with Crippen LogP contribution in [0.5, 0.6) is 11.5 Å². The molecular weight excluding hydrogens is 818 g/mol. The van der Waals surface area contributed by atoms with Crippen LogP contribution in [-0.2, 0) is 24.6 Å². The highest BCUT2D eigenvalue weighted by Crippen LogP contribution is 2.42. The van der Waals surface area contributed by atoms with Gasteiger partial charge in [0.2, 0.25) is 0 Å². The fraction of sp³-hybridized carbons (Fsp3) is 0.297. The van der Waals surface area contributed by atoms with Gasteiger partial charge < -0.3 is 9.47 Å². The summed E-state index contributed by atoms with van der Waals surface area (Å²) in [5.41, 5.74) is -9.36. The molecule has 0 aromatic heterocycles. The zero-order valence-electron chi connectivity index (χ0n) is 28.4. The van der Waals surface area contributed by atoms with Crippen LogP contribution >= 0.6 is 0 Å². The minimum Gasteiger partial charge on any atom is -0.429 e. The number of halogens is 18. The van der Waals surface area contributed by atoms with Gasteiger partial charge in [-0.05, 0) is 48.6 Å². The minimum atomic E-state index is -5.53. The van der Waals surface area contributed by atoms with Crippen molar-refractivity contribution in [2.45, 2.75) is 69.5 Å². The third kappa shape index (κ3) is 10.6. The molecule has 4 aromatic carbocycles. The van der Waals surface area contributed by atoms with Crippen molar-refractivity contribution >= 4 is 0 Å². The first kappa shape index (κ1) is 44.5. The van der Waals surface area contributed by atoms with Gasteiger partial charge in [0.25, 0.3) is 0 Å². The molecule has 0 heterocycles. The summed E-state index contributed by atoms with van der Waals surface area (Å²) in [6, 6.07) is 0.876. The van der Waals surface area contributed by atoms with E-state index in [4.69, 9.17) is 0 Å². The lowest BCUT2D eigenvalue weighted by Crippen LogP contribution is -2.26. The summed E-state index contributed by atoms with van der Waals surface area (Å²) < 4.78 is 257. The van der Waals surface area contributed by atoms with Crippen molar-refractivity contribution in [2.75, 3.05) is 0 Å². The van der Waals surface area contributed by atoms with Crippen LogP contribution in [0.1, 0.15) is 78.3 Å². The van der Waals surface area contributed by atoms with E-state index < -0.39 is 116 Å². The average molecular weight is 841 g/mol. The van der Waals surface area contributed by atoms with E-state index in [1.165, 1.54) is 6.92 Å². The Bertz CT molecular complexity index is 2090. The molecule has 4 aromatic rings. The Morgan fingerprint density at radius 3 is 1.19 bits per heavy atom. The summed E-state index contributed by atoms with van der Waals surface area (Å²) in [5, 5.41) is 0. The van der Waals surface area contributed by atoms with E-state index >= 15 is 0 Å². The molecule has 0 aliphatic rings. The molecule has 0 saturated heterocycles. The fourth-order valence-corrected chi connectivity index (χ4v) is 5.41. The van der Waals surface area contributed by atoms with Gasteiger partial charge in [0, 0.05) is 36.2 Å². The Hall–Kier alpha value is -5.22. The van der Waals surface area contributed by atoms with Gasteiger partial charge in [0.05, 0.1) is 0 Å². The van der Waals surface area contributed by atoms with Gasteiger partial charge >= 0.3 is 24.6 Å². The van der Waals surface area contributed by atoms with E-state index in [1.54, 1.807) is 0 Å². The van der Waals surface area contributed by atoms with E-state index in [-0.39, 0.29) is 42.7 Å². The maximum absolute atomic E-state index is 14.7. The zero-order chi connectivity index (χ0) is 42.8. The van der Waals surface area contributed by atoms with Crippen molar-refractivity contribution in [3.05, 3.63) is 128 Å². The Morgan fingerprint density at radius 2 is 0.825 bits per heavy atom. The summed E-state index contributed by atoms with van der Waals surface area (Å²) in [7, 11) is 0. The second-order valence-corrected chi connectivity index (χ2v) is 12.2. The lowest BCUT2D eigenvalue weighted by atomic mass is 9.93. The van der Waals surface area contributed by atoms with Crippen LogP contribution in [0.25, 0.3) is 0 Å². The second-order valence-electron chi connectivity index (χ2n) is 12.2. The molecule has 0 aliphatic carbocycles. The molecule has 1 unspecified atom stereocenters. The first-order valence-corrected chi connectivity index (χ1v) is 16.0. The molecule has 0 radical (unpaired) electrons. The average Bonchev–Trinajstić information content (AvgIpc) is 3.00. The minimum absolute atomic E-state index is 0.0729. The molecule has 0 aliphatic heterocycles. The lowest BCUT2D eigenvalue weighted by Gasteiger charge is -2.21. The summed E-state index contributed by atoms with van der Waals surface area (Å²) in [4.78, 5) is 0. The van der Waals surface area contributed by atoms with E-state index in [9.17, 15) is 79.0 Å². The second kappa shape index (κ2) is 16.7. The third-order valence-corrected chi connectivity index (χ3v) is 8.02. The van der Waals surface area contributed by atoms with Gasteiger partial charge in [-0.2, -0.15) is 43.9 Å². The van der Waals surface area contributed by atoms with Crippen molar-refractivity contribution in [2.24, 2.45) is 0 Å². The number of benzene rings is 4. The Morgan fingerprint density at radius 1 is 0.474 bits per heavy atom. The van der Waals surface area contributed by atoms with Crippen LogP contribution in [0.2, 0.25) is 0 Å². The van der Waals surface area contributed by atoms with Gasteiger partial charge in [-0.15, -0.1) is 0 Å². The molecule has 20 heteroatoms. The van der Waals surface area contributed by atoms with Crippen LogP contribution in [-0.4, -0.2) is 0 Å². The van der Waals surface area contributed by atoms with E-state index in [0.29, 0.717) is 43.5 Å². The van der Waals surface area contributed by atoms with Gasteiger partial charge in [0.15, 0.2) is 0 Å². The van der Waals surface area contributed by atoms with Crippen LogP contribution in [0.4, 0.5) is 79.0 Å². The molecule has 0 fully saturated rings. The van der Waals surface area contributed by atoms with Crippen molar-refractivity contribution in [3.63, 3.8) is 0 Å². The smallest absolute Gasteiger partial charge is 0.429 e. The van der Waals surface area contributed by atoms with Gasteiger partial charge in [0.1, 0.15) is 80.3 Å². The standard InChI is InChI=1S/C37H22F18O2/c1-17(19-11-24(40)33(25(41)12-19)37(54,55)57-21-15-28(44)31(29(45)16-21)35(49,50)51)7-5-3-2-4-6-8-18-9-22(38)32(23(39)10-18)36(52,53)56-20-13-26(42)30(27(43)14-20)34(46,47)48/h9-17H,2-5,7H2,1H3.